The Bertz CT molecular complexity index is 836. The first-order chi connectivity index (χ1) is 10.6. The van der Waals surface area contributed by atoms with Gasteiger partial charge in [0.1, 0.15) is 0 Å². The van der Waals surface area contributed by atoms with E-state index in [1.807, 2.05) is 25.1 Å². The summed E-state index contributed by atoms with van der Waals surface area (Å²) in [6, 6.07) is 9.92. The SMILES string of the molecule is CCCCN(C)C(=O)c1cc2cc3ccc(C)cc3nc2o1. The average Bonchev–Trinajstić information content (AvgIpc) is 2.92. The van der Waals surface area contributed by atoms with E-state index in [9.17, 15) is 4.79 Å². The molecule has 0 unspecified atom stereocenters. The quantitative estimate of drug-likeness (QED) is 0.726. The number of pyridine rings is 1. The van der Waals surface area contributed by atoms with Crippen molar-refractivity contribution in [3.05, 3.63) is 41.7 Å². The second kappa shape index (κ2) is 5.79. The van der Waals surface area contributed by atoms with Crippen molar-refractivity contribution in [1.29, 1.82) is 0 Å². The van der Waals surface area contributed by atoms with Gasteiger partial charge in [0.25, 0.3) is 5.91 Å². The van der Waals surface area contributed by atoms with E-state index in [0.717, 1.165) is 41.2 Å². The number of hydrogen-bond donors (Lipinski definition) is 0. The van der Waals surface area contributed by atoms with Crippen LogP contribution in [0, 0.1) is 6.92 Å². The van der Waals surface area contributed by atoms with E-state index in [2.05, 4.69) is 18.0 Å². The maximum absolute atomic E-state index is 12.4. The number of benzene rings is 1. The lowest BCUT2D eigenvalue weighted by Crippen LogP contribution is -2.27. The Morgan fingerprint density at radius 2 is 2.05 bits per heavy atom. The van der Waals surface area contributed by atoms with E-state index in [1.165, 1.54) is 0 Å². The molecular weight excluding hydrogens is 276 g/mol. The van der Waals surface area contributed by atoms with E-state index in [1.54, 1.807) is 18.0 Å². The number of carbonyl (C=O) groups excluding carboxylic acids is 1. The van der Waals surface area contributed by atoms with E-state index in [0.29, 0.717) is 11.5 Å². The minimum absolute atomic E-state index is 0.0910. The molecule has 0 atom stereocenters. The molecule has 0 radical (unpaired) electrons. The van der Waals surface area contributed by atoms with Crippen molar-refractivity contribution in [2.24, 2.45) is 0 Å². The fourth-order valence-corrected chi connectivity index (χ4v) is 2.53. The molecule has 0 saturated carbocycles. The summed E-state index contributed by atoms with van der Waals surface area (Å²) in [4.78, 5) is 18.6. The van der Waals surface area contributed by atoms with Crippen LogP contribution in [0.4, 0.5) is 0 Å². The van der Waals surface area contributed by atoms with Crippen LogP contribution in [-0.4, -0.2) is 29.4 Å². The van der Waals surface area contributed by atoms with Gasteiger partial charge in [0, 0.05) is 24.4 Å². The molecule has 3 rings (SSSR count). The Morgan fingerprint density at radius 3 is 2.82 bits per heavy atom. The fourth-order valence-electron chi connectivity index (χ4n) is 2.53. The molecule has 3 aromatic rings. The number of nitrogens with zero attached hydrogens (tertiary/aromatic N) is 2. The molecule has 22 heavy (non-hydrogen) atoms. The Hall–Kier alpha value is -2.36. The summed E-state index contributed by atoms with van der Waals surface area (Å²) in [5.74, 6) is 0.264. The van der Waals surface area contributed by atoms with Crippen LogP contribution in [-0.2, 0) is 0 Å². The zero-order chi connectivity index (χ0) is 15.7. The van der Waals surface area contributed by atoms with Gasteiger partial charge in [-0.25, -0.2) is 4.98 Å². The summed E-state index contributed by atoms with van der Waals surface area (Å²) in [5, 5.41) is 1.92. The normalized spacial score (nSPS) is 11.2. The highest BCUT2D eigenvalue weighted by molar-refractivity contribution is 5.98. The van der Waals surface area contributed by atoms with Crippen molar-refractivity contribution in [2.45, 2.75) is 26.7 Å². The van der Waals surface area contributed by atoms with Crippen LogP contribution in [0.15, 0.2) is 34.7 Å². The monoisotopic (exact) mass is 296 g/mol. The molecule has 2 aromatic heterocycles. The Balaban J connectivity index is 1.98. The number of fused-ring (bicyclic) bond motifs is 2. The molecular formula is C18H20N2O2. The lowest BCUT2D eigenvalue weighted by atomic mass is 10.1. The topological polar surface area (TPSA) is 46.3 Å². The van der Waals surface area contributed by atoms with Crippen LogP contribution in [0.2, 0.25) is 0 Å². The molecule has 0 bridgehead atoms. The van der Waals surface area contributed by atoms with Crippen LogP contribution >= 0.6 is 0 Å². The number of aryl methyl sites for hydroxylation is 1. The molecule has 1 aromatic carbocycles. The van der Waals surface area contributed by atoms with Gasteiger partial charge in [-0.2, -0.15) is 0 Å². The highest BCUT2D eigenvalue weighted by atomic mass is 16.4. The zero-order valence-electron chi connectivity index (χ0n) is 13.2. The third-order valence-corrected chi connectivity index (χ3v) is 3.86. The first kappa shape index (κ1) is 14.6. The Morgan fingerprint density at radius 1 is 1.23 bits per heavy atom. The van der Waals surface area contributed by atoms with Crippen LogP contribution < -0.4 is 0 Å². The Labute approximate surface area is 129 Å². The predicted octanol–water partition coefficient (Wildman–Crippen LogP) is 4.16. The van der Waals surface area contributed by atoms with Crippen LogP contribution in [0.25, 0.3) is 22.0 Å². The molecule has 2 heterocycles. The number of furan rings is 1. The lowest BCUT2D eigenvalue weighted by Gasteiger charge is -2.14. The zero-order valence-corrected chi connectivity index (χ0v) is 13.2. The van der Waals surface area contributed by atoms with Gasteiger partial charge >= 0.3 is 0 Å². The number of amides is 1. The average molecular weight is 296 g/mol. The first-order valence-electron chi connectivity index (χ1n) is 7.65. The molecule has 4 nitrogen and oxygen atoms in total. The minimum Gasteiger partial charge on any atom is -0.433 e. The molecule has 0 aliphatic heterocycles. The largest absolute Gasteiger partial charge is 0.433 e. The summed E-state index contributed by atoms with van der Waals surface area (Å²) in [7, 11) is 1.80. The van der Waals surface area contributed by atoms with Crippen molar-refractivity contribution in [1.82, 2.24) is 9.88 Å². The molecule has 114 valence electrons. The first-order valence-corrected chi connectivity index (χ1v) is 7.65. The predicted molar refractivity (Wildman–Crippen MR) is 88.1 cm³/mol. The third-order valence-electron chi connectivity index (χ3n) is 3.86. The van der Waals surface area contributed by atoms with Crippen molar-refractivity contribution < 1.29 is 9.21 Å². The number of aromatic nitrogens is 1. The standard InChI is InChI=1S/C18H20N2O2/c1-4-5-8-20(3)18(21)16-11-14-10-13-7-6-12(2)9-15(13)19-17(14)22-16/h6-7,9-11H,4-5,8H2,1-3H3. The molecule has 0 fully saturated rings. The van der Waals surface area contributed by atoms with E-state index >= 15 is 0 Å². The summed E-state index contributed by atoms with van der Waals surface area (Å²) in [6.45, 7) is 4.88. The number of rotatable bonds is 4. The van der Waals surface area contributed by atoms with Crippen molar-refractivity contribution in [3.63, 3.8) is 0 Å². The maximum Gasteiger partial charge on any atom is 0.289 e. The molecule has 0 spiro atoms. The fraction of sp³-hybridized carbons (Fsp3) is 0.333. The van der Waals surface area contributed by atoms with Gasteiger partial charge in [0.15, 0.2) is 5.76 Å². The maximum atomic E-state index is 12.4. The summed E-state index contributed by atoms with van der Waals surface area (Å²) in [5.41, 5.74) is 2.56. The van der Waals surface area contributed by atoms with E-state index in [-0.39, 0.29) is 5.91 Å². The van der Waals surface area contributed by atoms with Gasteiger partial charge in [-0.1, -0.05) is 25.5 Å². The second-order valence-corrected chi connectivity index (χ2v) is 5.77. The summed E-state index contributed by atoms with van der Waals surface area (Å²) in [6.07, 6.45) is 2.05. The van der Waals surface area contributed by atoms with Crippen LogP contribution in [0.3, 0.4) is 0 Å². The van der Waals surface area contributed by atoms with Gasteiger partial charge in [0.2, 0.25) is 5.71 Å². The van der Waals surface area contributed by atoms with Gasteiger partial charge in [-0.3, -0.25) is 4.79 Å². The minimum atomic E-state index is -0.0910. The number of hydrogen-bond acceptors (Lipinski definition) is 3. The van der Waals surface area contributed by atoms with Crippen LogP contribution in [0.1, 0.15) is 35.9 Å². The van der Waals surface area contributed by atoms with Crippen LogP contribution in [0.5, 0.6) is 0 Å². The van der Waals surface area contributed by atoms with Gasteiger partial charge < -0.3 is 9.32 Å². The molecule has 0 N–H and O–H groups in total. The van der Waals surface area contributed by atoms with Crippen molar-refractivity contribution in [2.75, 3.05) is 13.6 Å². The number of carbonyl (C=O) groups is 1. The number of unbranched alkanes of at least 4 members (excludes halogenated alkanes) is 1. The molecule has 0 saturated heterocycles. The van der Waals surface area contributed by atoms with Gasteiger partial charge in [-0.05, 0) is 37.1 Å². The van der Waals surface area contributed by atoms with E-state index in [4.69, 9.17) is 4.42 Å². The molecule has 0 aliphatic carbocycles. The van der Waals surface area contributed by atoms with Crippen molar-refractivity contribution in [3.8, 4) is 0 Å². The second-order valence-electron chi connectivity index (χ2n) is 5.77. The van der Waals surface area contributed by atoms with E-state index < -0.39 is 0 Å². The van der Waals surface area contributed by atoms with Crippen molar-refractivity contribution >= 4 is 27.9 Å². The summed E-state index contributed by atoms with van der Waals surface area (Å²) >= 11 is 0. The smallest absolute Gasteiger partial charge is 0.289 e. The molecule has 0 aliphatic rings. The lowest BCUT2D eigenvalue weighted by molar-refractivity contribution is 0.0764. The van der Waals surface area contributed by atoms with Gasteiger partial charge in [-0.15, -0.1) is 0 Å². The Kier molecular flexibility index (Phi) is 3.84. The molecule has 1 amide bonds. The third kappa shape index (κ3) is 2.69. The van der Waals surface area contributed by atoms with Gasteiger partial charge in [0.05, 0.1) is 5.52 Å². The summed E-state index contributed by atoms with van der Waals surface area (Å²) < 4.78 is 5.68. The molecule has 4 heteroatoms. The highest BCUT2D eigenvalue weighted by Crippen LogP contribution is 2.24. The highest BCUT2D eigenvalue weighted by Gasteiger charge is 2.17.